The summed E-state index contributed by atoms with van der Waals surface area (Å²) in [4.78, 5) is 23.1. The number of carboxylic acids is 1. The summed E-state index contributed by atoms with van der Waals surface area (Å²) < 4.78 is 18.8. The van der Waals surface area contributed by atoms with E-state index < -0.39 is 17.3 Å². The molecule has 1 aliphatic heterocycles. The molecule has 2 rings (SSSR count). The first-order valence-electron chi connectivity index (χ1n) is 6.85. The van der Waals surface area contributed by atoms with Crippen molar-refractivity contribution in [1.82, 2.24) is 5.32 Å². The number of carbonyl (C=O) groups excluding carboxylic acids is 1. The topological polar surface area (TPSA) is 75.6 Å². The number of hydrogen-bond acceptors (Lipinski definition) is 3. The molecule has 1 aromatic carbocycles. The highest BCUT2D eigenvalue weighted by atomic mass is 19.1. The molecule has 0 atom stereocenters. The number of carboxylic acid groups (broad SMARTS) is 1. The van der Waals surface area contributed by atoms with Crippen molar-refractivity contribution in [2.45, 2.75) is 31.2 Å². The number of ether oxygens (including phenoxy) is 1. The Labute approximate surface area is 122 Å². The number of benzene rings is 1. The Kier molecular flexibility index (Phi) is 4.90. The summed E-state index contributed by atoms with van der Waals surface area (Å²) in [6, 6.07) is 6.06. The number of halogens is 1. The molecule has 0 radical (unpaired) electrons. The van der Waals surface area contributed by atoms with Crippen LogP contribution in [0.15, 0.2) is 24.3 Å². The second-order valence-electron chi connectivity index (χ2n) is 5.28. The maximum atomic E-state index is 13.5. The highest BCUT2D eigenvalue weighted by molar-refractivity contribution is 5.80. The third-order valence-corrected chi connectivity index (χ3v) is 3.65. The Morgan fingerprint density at radius 1 is 1.29 bits per heavy atom. The summed E-state index contributed by atoms with van der Waals surface area (Å²) in [6.45, 7) is 0.820. The Balaban J connectivity index is 2.04. The van der Waals surface area contributed by atoms with Gasteiger partial charge >= 0.3 is 5.97 Å². The summed E-state index contributed by atoms with van der Waals surface area (Å²) >= 11 is 0. The molecular weight excluding hydrogens is 277 g/mol. The lowest BCUT2D eigenvalue weighted by Crippen LogP contribution is -2.53. The van der Waals surface area contributed by atoms with Gasteiger partial charge in [-0.05, 0) is 24.5 Å². The van der Waals surface area contributed by atoms with Gasteiger partial charge in [0.25, 0.3) is 0 Å². The number of aliphatic carboxylic acids is 1. The smallest absolute Gasteiger partial charge is 0.305 e. The summed E-state index contributed by atoms with van der Waals surface area (Å²) in [5, 5.41) is 11.8. The molecule has 6 heteroatoms. The van der Waals surface area contributed by atoms with Crippen LogP contribution < -0.4 is 5.32 Å². The predicted molar refractivity (Wildman–Crippen MR) is 73.3 cm³/mol. The van der Waals surface area contributed by atoms with Gasteiger partial charge in [0.15, 0.2) is 0 Å². The van der Waals surface area contributed by atoms with Gasteiger partial charge in [0.2, 0.25) is 5.91 Å². The van der Waals surface area contributed by atoms with E-state index >= 15 is 0 Å². The van der Waals surface area contributed by atoms with E-state index in [0.717, 1.165) is 0 Å². The summed E-state index contributed by atoms with van der Waals surface area (Å²) in [7, 11) is 0. The fourth-order valence-corrected chi connectivity index (χ4v) is 2.55. The molecule has 0 unspecified atom stereocenters. The highest BCUT2D eigenvalue weighted by Gasteiger charge is 2.36. The quantitative estimate of drug-likeness (QED) is 0.863. The Morgan fingerprint density at radius 2 is 1.95 bits per heavy atom. The van der Waals surface area contributed by atoms with Crippen molar-refractivity contribution < 1.29 is 23.8 Å². The molecule has 1 aliphatic rings. The van der Waals surface area contributed by atoms with Crippen molar-refractivity contribution in [3.8, 4) is 0 Å². The fraction of sp³-hybridized carbons (Fsp3) is 0.467. The molecule has 5 nitrogen and oxygen atoms in total. The maximum Gasteiger partial charge on any atom is 0.305 e. The van der Waals surface area contributed by atoms with Gasteiger partial charge in [-0.1, -0.05) is 18.2 Å². The average Bonchev–Trinajstić information content (AvgIpc) is 2.41. The van der Waals surface area contributed by atoms with Crippen LogP contribution in [0.1, 0.15) is 24.8 Å². The van der Waals surface area contributed by atoms with Gasteiger partial charge in [0.1, 0.15) is 5.82 Å². The zero-order valence-corrected chi connectivity index (χ0v) is 11.6. The second kappa shape index (κ2) is 6.67. The van der Waals surface area contributed by atoms with E-state index in [9.17, 15) is 14.0 Å². The molecule has 0 aromatic heterocycles. The standard InChI is InChI=1S/C15H18FNO4/c16-12-4-2-1-3-11(12)9-13(18)17-15(10-14(19)20)5-7-21-8-6-15/h1-4H,5-10H2,(H,17,18)(H,19,20). The second-order valence-corrected chi connectivity index (χ2v) is 5.28. The highest BCUT2D eigenvalue weighted by Crippen LogP contribution is 2.25. The number of nitrogens with one attached hydrogen (secondary N) is 1. The van der Waals surface area contributed by atoms with Gasteiger partial charge in [0, 0.05) is 13.2 Å². The Hall–Kier alpha value is -1.95. The molecule has 0 spiro atoms. The summed E-state index contributed by atoms with van der Waals surface area (Å²) in [6.07, 6.45) is 0.638. The zero-order chi connectivity index (χ0) is 15.3. The lowest BCUT2D eigenvalue weighted by atomic mass is 9.86. The molecule has 2 N–H and O–H groups in total. The van der Waals surface area contributed by atoms with Crippen molar-refractivity contribution in [2.24, 2.45) is 0 Å². The summed E-state index contributed by atoms with van der Waals surface area (Å²) in [5.74, 6) is -1.78. The van der Waals surface area contributed by atoms with E-state index in [1.165, 1.54) is 6.07 Å². The van der Waals surface area contributed by atoms with Crippen LogP contribution in [0, 0.1) is 5.82 Å². The molecular formula is C15H18FNO4. The van der Waals surface area contributed by atoms with E-state index in [-0.39, 0.29) is 18.7 Å². The third kappa shape index (κ3) is 4.26. The minimum atomic E-state index is -0.969. The monoisotopic (exact) mass is 295 g/mol. The Morgan fingerprint density at radius 3 is 2.57 bits per heavy atom. The van der Waals surface area contributed by atoms with Crippen LogP contribution in [0.2, 0.25) is 0 Å². The van der Waals surface area contributed by atoms with E-state index in [0.29, 0.717) is 31.6 Å². The SMILES string of the molecule is O=C(O)CC1(NC(=O)Cc2ccccc2F)CCOCC1. The molecule has 1 aromatic rings. The minimum absolute atomic E-state index is 0.102. The van der Waals surface area contributed by atoms with E-state index in [2.05, 4.69) is 5.32 Å². The van der Waals surface area contributed by atoms with Crippen LogP contribution in [0.4, 0.5) is 4.39 Å². The van der Waals surface area contributed by atoms with E-state index in [1.54, 1.807) is 18.2 Å². The van der Waals surface area contributed by atoms with Gasteiger partial charge in [0.05, 0.1) is 18.4 Å². The van der Waals surface area contributed by atoms with E-state index in [4.69, 9.17) is 9.84 Å². The van der Waals surface area contributed by atoms with Crippen LogP contribution >= 0.6 is 0 Å². The van der Waals surface area contributed by atoms with Crippen molar-refractivity contribution in [3.63, 3.8) is 0 Å². The first-order chi connectivity index (χ1) is 10.0. The number of carbonyl (C=O) groups is 2. The van der Waals surface area contributed by atoms with Gasteiger partial charge < -0.3 is 15.2 Å². The molecule has 1 amide bonds. The lowest BCUT2D eigenvalue weighted by molar-refractivity contribution is -0.140. The number of rotatable bonds is 5. The zero-order valence-electron chi connectivity index (χ0n) is 11.6. The van der Waals surface area contributed by atoms with Crippen LogP contribution in [-0.4, -0.2) is 35.7 Å². The van der Waals surface area contributed by atoms with Gasteiger partial charge in [-0.25, -0.2) is 4.39 Å². The first kappa shape index (κ1) is 15.4. The average molecular weight is 295 g/mol. The van der Waals surface area contributed by atoms with Gasteiger partial charge in [-0.15, -0.1) is 0 Å². The molecule has 114 valence electrons. The molecule has 0 saturated carbocycles. The van der Waals surface area contributed by atoms with Crippen LogP contribution in [-0.2, 0) is 20.7 Å². The normalized spacial score (nSPS) is 17.2. The lowest BCUT2D eigenvalue weighted by Gasteiger charge is -2.36. The molecule has 0 bridgehead atoms. The van der Waals surface area contributed by atoms with Crippen molar-refractivity contribution in [2.75, 3.05) is 13.2 Å². The van der Waals surface area contributed by atoms with Crippen molar-refractivity contribution in [1.29, 1.82) is 0 Å². The van der Waals surface area contributed by atoms with Gasteiger partial charge in [-0.2, -0.15) is 0 Å². The maximum absolute atomic E-state index is 13.5. The Bertz CT molecular complexity index is 526. The van der Waals surface area contributed by atoms with Crippen LogP contribution in [0.5, 0.6) is 0 Å². The molecule has 1 saturated heterocycles. The number of amides is 1. The first-order valence-corrected chi connectivity index (χ1v) is 6.85. The fourth-order valence-electron chi connectivity index (χ4n) is 2.55. The largest absolute Gasteiger partial charge is 0.481 e. The van der Waals surface area contributed by atoms with Crippen LogP contribution in [0.25, 0.3) is 0 Å². The molecule has 1 fully saturated rings. The van der Waals surface area contributed by atoms with Gasteiger partial charge in [-0.3, -0.25) is 9.59 Å². The molecule has 21 heavy (non-hydrogen) atoms. The third-order valence-electron chi connectivity index (χ3n) is 3.65. The van der Waals surface area contributed by atoms with Crippen molar-refractivity contribution >= 4 is 11.9 Å². The molecule has 0 aliphatic carbocycles. The minimum Gasteiger partial charge on any atom is -0.481 e. The van der Waals surface area contributed by atoms with E-state index in [1.807, 2.05) is 0 Å². The predicted octanol–water partition coefficient (Wildman–Crippen LogP) is 1.51. The summed E-state index contributed by atoms with van der Waals surface area (Å²) in [5.41, 5.74) is -0.501. The van der Waals surface area contributed by atoms with Crippen molar-refractivity contribution in [3.05, 3.63) is 35.6 Å². The number of hydrogen-bond donors (Lipinski definition) is 2. The molecule has 1 heterocycles. The van der Waals surface area contributed by atoms with Crippen LogP contribution in [0.3, 0.4) is 0 Å².